The number of hydrogen-bond acceptors (Lipinski definition) is 4. The second-order valence-corrected chi connectivity index (χ2v) is 6.49. The molecule has 1 atom stereocenters. The van der Waals surface area contributed by atoms with E-state index >= 15 is 0 Å². The lowest BCUT2D eigenvalue weighted by Crippen LogP contribution is -2.23. The minimum Gasteiger partial charge on any atom is -0.359 e. The zero-order valence-corrected chi connectivity index (χ0v) is 13.1. The van der Waals surface area contributed by atoms with Gasteiger partial charge in [-0.25, -0.2) is 0 Å². The lowest BCUT2D eigenvalue weighted by molar-refractivity contribution is -0.384. The maximum Gasteiger partial charge on any atom is 0.293 e. The van der Waals surface area contributed by atoms with Gasteiger partial charge in [-0.3, -0.25) is 10.1 Å². The first-order valence-electron chi connectivity index (χ1n) is 6.39. The molecule has 4 nitrogen and oxygen atoms in total. The van der Waals surface area contributed by atoms with Crippen LogP contribution in [0.5, 0.6) is 0 Å². The lowest BCUT2D eigenvalue weighted by Gasteiger charge is -2.26. The van der Waals surface area contributed by atoms with Crippen molar-refractivity contribution in [3.63, 3.8) is 0 Å². The van der Waals surface area contributed by atoms with Gasteiger partial charge in [-0.15, -0.1) is 0 Å². The van der Waals surface area contributed by atoms with Gasteiger partial charge in [0.2, 0.25) is 0 Å². The molecular formula is C14H13BrN2O2S. The van der Waals surface area contributed by atoms with Crippen molar-refractivity contribution in [2.45, 2.75) is 18.9 Å². The van der Waals surface area contributed by atoms with Crippen molar-refractivity contribution in [3.8, 4) is 0 Å². The van der Waals surface area contributed by atoms with Gasteiger partial charge in [0.1, 0.15) is 5.69 Å². The highest BCUT2D eigenvalue weighted by Crippen LogP contribution is 2.41. The molecule has 0 amide bonds. The van der Waals surface area contributed by atoms with E-state index in [0.717, 1.165) is 23.9 Å². The molecule has 20 heavy (non-hydrogen) atoms. The quantitative estimate of drug-likeness (QED) is 0.590. The molecule has 1 fully saturated rings. The summed E-state index contributed by atoms with van der Waals surface area (Å²) in [5.41, 5.74) is 2.14. The van der Waals surface area contributed by atoms with Crippen LogP contribution in [0.4, 0.5) is 11.4 Å². The molecule has 1 aliphatic heterocycles. The van der Waals surface area contributed by atoms with E-state index in [2.05, 4.69) is 37.7 Å². The molecule has 104 valence electrons. The molecule has 0 aliphatic carbocycles. The molecule has 0 saturated carbocycles. The average Bonchev–Trinajstić information content (AvgIpc) is 3.09. The molecule has 0 spiro atoms. The smallest absolute Gasteiger partial charge is 0.293 e. The topological polar surface area (TPSA) is 46.4 Å². The number of nitro groups is 1. The summed E-state index contributed by atoms with van der Waals surface area (Å²) in [6.07, 6.45) is 2.11. The minimum atomic E-state index is -0.302. The van der Waals surface area contributed by atoms with E-state index in [0.29, 0.717) is 5.69 Å². The first kappa shape index (κ1) is 13.6. The standard InChI is InChI=1S/C14H13BrN2O2S/c15-11-3-4-13(14(8-11)17(18)19)16-6-1-2-12(16)10-5-7-20-9-10/h3-5,7-9,12H,1-2,6H2. The third-order valence-corrected chi connectivity index (χ3v) is 4.82. The second-order valence-electron chi connectivity index (χ2n) is 4.80. The first-order chi connectivity index (χ1) is 9.66. The molecule has 1 unspecified atom stereocenters. The second kappa shape index (κ2) is 5.54. The molecular weight excluding hydrogens is 340 g/mol. The van der Waals surface area contributed by atoms with Gasteiger partial charge in [0.05, 0.1) is 11.0 Å². The summed E-state index contributed by atoms with van der Waals surface area (Å²) in [5.74, 6) is 0. The van der Waals surface area contributed by atoms with Crippen LogP contribution in [0.25, 0.3) is 0 Å². The molecule has 2 aromatic rings. The SMILES string of the molecule is O=[N+]([O-])c1cc(Br)ccc1N1CCCC1c1ccsc1. The van der Waals surface area contributed by atoms with Crippen LogP contribution < -0.4 is 4.90 Å². The Kier molecular flexibility index (Phi) is 3.76. The van der Waals surface area contributed by atoms with Gasteiger partial charge in [0.15, 0.2) is 0 Å². The molecule has 1 aromatic heterocycles. The molecule has 1 aromatic carbocycles. The Morgan fingerprint density at radius 3 is 2.95 bits per heavy atom. The highest BCUT2D eigenvalue weighted by Gasteiger charge is 2.30. The Balaban J connectivity index is 2.02. The Morgan fingerprint density at radius 2 is 2.25 bits per heavy atom. The number of anilines is 1. The maximum absolute atomic E-state index is 11.3. The number of rotatable bonds is 3. The minimum absolute atomic E-state index is 0.168. The molecule has 3 rings (SSSR count). The Bertz CT molecular complexity index is 630. The number of halogens is 1. The Hall–Kier alpha value is -1.40. The number of benzene rings is 1. The van der Waals surface area contributed by atoms with Gasteiger partial charge < -0.3 is 4.90 Å². The van der Waals surface area contributed by atoms with Crippen LogP contribution >= 0.6 is 27.3 Å². The van der Waals surface area contributed by atoms with E-state index in [1.54, 1.807) is 17.4 Å². The Morgan fingerprint density at radius 1 is 1.40 bits per heavy atom. The molecule has 2 heterocycles. The lowest BCUT2D eigenvalue weighted by atomic mass is 10.1. The van der Waals surface area contributed by atoms with E-state index in [1.165, 1.54) is 5.56 Å². The zero-order valence-electron chi connectivity index (χ0n) is 10.7. The van der Waals surface area contributed by atoms with Crippen LogP contribution in [0.3, 0.4) is 0 Å². The van der Waals surface area contributed by atoms with Crippen LogP contribution in [-0.4, -0.2) is 11.5 Å². The van der Waals surface area contributed by atoms with Gasteiger partial charge >= 0.3 is 0 Å². The molecule has 6 heteroatoms. The van der Waals surface area contributed by atoms with Crippen LogP contribution in [0.1, 0.15) is 24.4 Å². The largest absolute Gasteiger partial charge is 0.359 e. The van der Waals surface area contributed by atoms with E-state index in [9.17, 15) is 10.1 Å². The highest BCUT2D eigenvalue weighted by atomic mass is 79.9. The number of hydrogen-bond donors (Lipinski definition) is 0. The number of nitrogens with zero attached hydrogens (tertiary/aromatic N) is 2. The van der Waals surface area contributed by atoms with Crippen molar-refractivity contribution in [1.82, 2.24) is 0 Å². The fourth-order valence-electron chi connectivity index (χ4n) is 2.75. The third-order valence-electron chi connectivity index (χ3n) is 3.62. The fourth-order valence-corrected chi connectivity index (χ4v) is 3.81. The average molecular weight is 353 g/mol. The van der Waals surface area contributed by atoms with Crippen LogP contribution in [-0.2, 0) is 0 Å². The van der Waals surface area contributed by atoms with E-state index in [1.807, 2.05) is 12.1 Å². The Labute approximate surface area is 129 Å². The monoisotopic (exact) mass is 352 g/mol. The number of nitro benzene ring substituents is 1. The van der Waals surface area contributed by atoms with Crippen molar-refractivity contribution in [2.75, 3.05) is 11.4 Å². The summed E-state index contributed by atoms with van der Waals surface area (Å²) < 4.78 is 0.735. The summed E-state index contributed by atoms with van der Waals surface area (Å²) in [5, 5.41) is 15.5. The van der Waals surface area contributed by atoms with Gasteiger partial charge in [-0.05, 0) is 47.4 Å². The fraction of sp³-hybridized carbons (Fsp3) is 0.286. The predicted molar refractivity (Wildman–Crippen MR) is 84.4 cm³/mol. The van der Waals surface area contributed by atoms with Gasteiger partial charge in [-0.1, -0.05) is 15.9 Å². The number of thiophene rings is 1. The molecule has 0 radical (unpaired) electrons. The first-order valence-corrected chi connectivity index (χ1v) is 8.13. The predicted octanol–water partition coefficient (Wildman–Crippen LogP) is 4.76. The van der Waals surface area contributed by atoms with Crippen molar-refractivity contribution >= 4 is 38.6 Å². The van der Waals surface area contributed by atoms with Gasteiger partial charge in [-0.2, -0.15) is 11.3 Å². The van der Waals surface area contributed by atoms with Crippen molar-refractivity contribution in [2.24, 2.45) is 0 Å². The van der Waals surface area contributed by atoms with Crippen molar-refractivity contribution in [3.05, 3.63) is 55.2 Å². The summed E-state index contributed by atoms with van der Waals surface area (Å²) in [7, 11) is 0. The summed E-state index contributed by atoms with van der Waals surface area (Å²) in [6, 6.07) is 7.65. The van der Waals surface area contributed by atoms with Crippen LogP contribution in [0, 0.1) is 10.1 Å². The normalized spacial score (nSPS) is 18.4. The van der Waals surface area contributed by atoms with Gasteiger partial charge in [0, 0.05) is 17.1 Å². The van der Waals surface area contributed by atoms with Crippen LogP contribution in [0.15, 0.2) is 39.5 Å². The summed E-state index contributed by atoms with van der Waals surface area (Å²) >= 11 is 4.97. The summed E-state index contributed by atoms with van der Waals surface area (Å²) in [6.45, 7) is 0.864. The van der Waals surface area contributed by atoms with Gasteiger partial charge in [0.25, 0.3) is 5.69 Å². The molecule has 0 N–H and O–H groups in total. The summed E-state index contributed by atoms with van der Waals surface area (Å²) in [4.78, 5) is 13.1. The maximum atomic E-state index is 11.3. The van der Waals surface area contributed by atoms with E-state index in [-0.39, 0.29) is 16.7 Å². The highest BCUT2D eigenvalue weighted by molar-refractivity contribution is 9.10. The van der Waals surface area contributed by atoms with E-state index < -0.39 is 0 Å². The van der Waals surface area contributed by atoms with E-state index in [4.69, 9.17) is 0 Å². The van der Waals surface area contributed by atoms with Crippen molar-refractivity contribution in [1.29, 1.82) is 0 Å². The molecule has 1 aliphatic rings. The zero-order chi connectivity index (χ0) is 14.1. The van der Waals surface area contributed by atoms with Crippen LogP contribution in [0.2, 0.25) is 0 Å². The molecule has 0 bridgehead atoms. The van der Waals surface area contributed by atoms with Crippen molar-refractivity contribution < 1.29 is 4.92 Å². The molecule has 1 saturated heterocycles. The third kappa shape index (κ3) is 2.45.